The van der Waals surface area contributed by atoms with E-state index >= 15 is 0 Å². The van der Waals surface area contributed by atoms with Crippen LogP contribution < -0.4 is 0 Å². The van der Waals surface area contributed by atoms with Gasteiger partial charge in [-0.3, -0.25) is 9.69 Å². The van der Waals surface area contributed by atoms with Crippen LogP contribution in [0.5, 0.6) is 0 Å². The Morgan fingerprint density at radius 3 is 2.91 bits per heavy atom. The monoisotopic (exact) mass is 301 g/mol. The molecule has 1 aromatic carbocycles. The zero-order chi connectivity index (χ0) is 15.4. The Labute approximate surface area is 128 Å². The van der Waals surface area contributed by atoms with Gasteiger partial charge in [-0.05, 0) is 19.4 Å². The fraction of sp³-hybridized carbons (Fsp3) is 0.438. The zero-order valence-corrected chi connectivity index (χ0v) is 12.3. The lowest BCUT2D eigenvalue weighted by molar-refractivity contribution is -0.144. The molecule has 6 nitrogen and oxygen atoms in total. The fourth-order valence-electron chi connectivity index (χ4n) is 2.84. The summed E-state index contributed by atoms with van der Waals surface area (Å²) >= 11 is 0. The van der Waals surface area contributed by atoms with E-state index in [4.69, 9.17) is 4.52 Å². The van der Waals surface area contributed by atoms with E-state index in [-0.39, 0.29) is 6.04 Å². The number of carbonyl (C=O) groups is 1. The average Bonchev–Trinajstić information content (AvgIpc) is 3.03. The van der Waals surface area contributed by atoms with E-state index < -0.39 is 5.97 Å². The maximum absolute atomic E-state index is 11.3. The number of hydrogen-bond acceptors (Lipinski definition) is 5. The Balaban J connectivity index is 1.62. The smallest absolute Gasteiger partial charge is 0.320 e. The van der Waals surface area contributed by atoms with Crippen LogP contribution in [0.15, 0.2) is 34.9 Å². The van der Waals surface area contributed by atoms with Crippen molar-refractivity contribution in [2.24, 2.45) is 0 Å². The van der Waals surface area contributed by atoms with Crippen molar-refractivity contribution < 1.29 is 14.4 Å². The van der Waals surface area contributed by atoms with Gasteiger partial charge in [0.15, 0.2) is 0 Å². The highest BCUT2D eigenvalue weighted by molar-refractivity contribution is 5.73. The molecule has 1 fully saturated rings. The quantitative estimate of drug-likeness (QED) is 0.912. The predicted molar refractivity (Wildman–Crippen MR) is 80.3 cm³/mol. The van der Waals surface area contributed by atoms with Crippen molar-refractivity contribution in [2.45, 2.75) is 31.7 Å². The van der Waals surface area contributed by atoms with Crippen molar-refractivity contribution in [1.29, 1.82) is 0 Å². The third kappa shape index (κ3) is 3.33. The molecule has 1 aromatic heterocycles. The Kier molecular flexibility index (Phi) is 4.48. The minimum absolute atomic E-state index is 0.384. The number of likely N-dealkylation sites (tertiary alicyclic amines) is 1. The van der Waals surface area contributed by atoms with Crippen LogP contribution in [0.1, 0.15) is 25.2 Å². The van der Waals surface area contributed by atoms with Gasteiger partial charge in [-0.2, -0.15) is 4.98 Å². The van der Waals surface area contributed by atoms with Crippen molar-refractivity contribution in [3.8, 4) is 11.4 Å². The normalized spacial score (nSPS) is 19.2. The van der Waals surface area contributed by atoms with Gasteiger partial charge in [0.05, 0.1) is 0 Å². The number of rotatable bonds is 5. The van der Waals surface area contributed by atoms with E-state index in [0.29, 0.717) is 31.1 Å². The van der Waals surface area contributed by atoms with Gasteiger partial charge in [0.2, 0.25) is 11.7 Å². The number of carboxylic acids is 1. The summed E-state index contributed by atoms with van der Waals surface area (Å²) in [5.41, 5.74) is 0.916. The molecule has 1 saturated heterocycles. The van der Waals surface area contributed by atoms with E-state index in [2.05, 4.69) is 10.1 Å². The zero-order valence-electron chi connectivity index (χ0n) is 12.3. The van der Waals surface area contributed by atoms with Crippen molar-refractivity contribution in [1.82, 2.24) is 15.0 Å². The second-order valence-corrected chi connectivity index (χ2v) is 5.51. The van der Waals surface area contributed by atoms with Gasteiger partial charge in [0.1, 0.15) is 6.04 Å². The molecule has 0 amide bonds. The van der Waals surface area contributed by atoms with Gasteiger partial charge in [0.25, 0.3) is 0 Å². The fourth-order valence-corrected chi connectivity index (χ4v) is 2.84. The van der Waals surface area contributed by atoms with Crippen LogP contribution >= 0.6 is 0 Å². The van der Waals surface area contributed by atoms with Crippen molar-refractivity contribution >= 4 is 5.97 Å². The Morgan fingerprint density at radius 2 is 2.14 bits per heavy atom. The van der Waals surface area contributed by atoms with Crippen molar-refractivity contribution in [2.75, 3.05) is 13.1 Å². The third-order valence-corrected chi connectivity index (χ3v) is 4.01. The second-order valence-electron chi connectivity index (χ2n) is 5.51. The van der Waals surface area contributed by atoms with Crippen LogP contribution in [0.4, 0.5) is 0 Å². The average molecular weight is 301 g/mol. The minimum atomic E-state index is -0.741. The number of benzene rings is 1. The van der Waals surface area contributed by atoms with Gasteiger partial charge >= 0.3 is 5.97 Å². The highest BCUT2D eigenvalue weighted by atomic mass is 16.5. The molecule has 22 heavy (non-hydrogen) atoms. The van der Waals surface area contributed by atoms with Crippen LogP contribution in [-0.2, 0) is 11.2 Å². The van der Waals surface area contributed by atoms with Crippen LogP contribution in [-0.4, -0.2) is 45.2 Å². The molecule has 0 radical (unpaired) electrons. The summed E-state index contributed by atoms with van der Waals surface area (Å²) < 4.78 is 5.27. The van der Waals surface area contributed by atoms with Crippen molar-refractivity contribution in [3.63, 3.8) is 0 Å². The Hall–Kier alpha value is -2.21. The number of piperidine rings is 1. The molecule has 1 aliphatic heterocycles. The van der Waals surface area contributed by atoms with Gasteiger partial charge in [-0.1, -0.05) is 41.9 Å². The van der Waals surface area contributed by atoms with Crippen LogP contribution in [0.2, 0.25) is 0 Å². The van der Waals surface area contributed by atoms with Gasteiger partial charge in [-0.15, -0.1) is 0 Å². The molecule has 1 atom stereocenters. The molecule has 1 unspecified atom stereocenters. The second kappa shape index (κ2) is 6.70. The summed E-state index contributed by atoms with van der Waals surface area (Å²) in [4.78, 5) is 17.7. The highest BCUT2D eigenvalue weighted by Gasteiger charge is 2.28. The summed E-state index contributed by atoms with van der Waals surface area (Å²) in [6, 6.07) is 9.27. The first-order valence-corrected chi connectivity index (χ1v) is 7.59. The molecule has 2 heterocycles. The molecule has 1 aliphatic rings. The number of aromatic nitrogens is 2. The third-order valence-electron chi connectivity index (χ3n) is 4.01. The summed E-state index contributed by atoms with van der Waals surface area (Å²) in [5, 5.41) is 13.2. The number of hydrogen-bond donors (Lipinski definition) is 1. The van der Waals surface area contributed by atoms with E-state index in [1.807, 2.05) is 35.2 Å². The van der Waals surface area contributed by atoms with Gasteiger partial charge in [0, 0.05) is 18.5 Å². The topological polar surface area (TPSA) is 79.5 Å². The molecule has 1 N–H and O–H groups in total. The molecule has 0 saturated carbocycles. The standard InChI is InChI=1S/C16H19N3O3/c20-16(21)13-8-4-5-10-19(13)11-9-14-17-15(18-22-14)12-6-2-1-3-7-12/h1-3,6-7,13H,4-5,8-11H2,(H,20,21). The Morgan fingerprint density at radius 1 is 1.32 bits per heavy atom. The molecule has 2 aromatic rings. The van der Waals surface area contributed by atoms with Crippen LogP contribution in [0.25, 0.3) is 11.4 Å². The summed E-state index contributed by atoms with van der Waals surface area (Å²) in [7, 11) is 0. The summed E-state index contributed by atoms with van der Waals surface area (Å²) in [6.45, 7) is 1.45. The lowest BCUT2D eigenvalue weighted by Gasteiger charge is -2.32. The lowest BCUT2D eigenvalue weighted by Crippen LogP contribution is -2.45. The van der Waals surface area contributed by atoms with E-state index in [1.54, 1.807) is 0 Å². The van der Waals surface area contributed by atoms with Crippen LogP contribution in [0, 0.1) is 0 Å². The first-order chi connectivity index (χ1) is 10.7. The number of carboxylic acid groups (broad SMARTS) is 1. The Bertz CT molecular complexity index is 627. The molecule has 6 heteroatoms. The maximum Gasteiger partial charge on any atom is 0.320 e. The molecule has 0 bridgehead atoms. The highest BCUT2D eigenvalue weighted by Crippen LogP contribution is 2.19. The van der Waals surface area contributed by atoms with Gasteiger partial charge in [-0.25, -0.2) is 0 Å². The first-order valence-electron chi connectivity index (χ1n) is 7.59. The van der Waals surface area contributed by atoms with Gasteiger partial charge < -0.3 is 9.63 Å². The van der Waals surface area contributed by atoms with Crippen LogP contribution in [0.3, 0.4) is 0 Å². The molecular weight excluding hydrogens is 282 g/mol. The summed E-state index contributed by atoms with van der Waals surface area (Å²) in [5.74, 6) is 0.382. The molecule has 3 rings (SSSR count). The SMILES string of the molecule is O=C(O)C1CCCCN1CCc1nc(-c2ccccc2)no1. The molecule has 116 valence electrons. The summed E-state index contributed by atoms with van der Waals surface area (Å²) in [6.07, 6.45) is 3.31. The number of aliphatic carboxylic acids is 1. The molecule has 0 aliphatic carbocycles. The molecule has 0 spiro atoms. The molecular formula is C16H19N3O3. The largest absolute Gasteiger partial charge is 0.480 e. The maximum atomic E-state index is 11.3. The van der Waals surface area contributed by atoms with E-state index in [0.717, 1.165) is 24.9 Å². The predicted octanol–water partition coefficient (Wildman–Crippen LogP) is 2.22. The van der Waals surface area contributed by atoms with E-state index in [1.165, 1.54) is 0 Å². The minimum Gasteiger partial charge on any atom is -0.480 e. The number of nitrogens with zero attached hydrogens (tertiary/aromatic N) is 3. The lowest BCUT2D eigenvalue weighted by atomic mass is 10.0. The van der Waals surface area contributed by atoms with E-state index in [9.17, 15) is 9.90 Å². The van der Waals surface area contributed by atoms with Crippen molar-refractivity contribution in [3.05, 3.63) is 36.2 Å². The first kappa shape index (κ1) is 14.7.